The molecule has 7 nitrogen and oxygen atoms in total. The average Bonchev–Trinajstić information content (AvgIpc) is 2.92. The van der Waals surface area contributed by atoms with Crippen molar-refractivity contribution in [1.82, 2.24) is 5.32 Å². The fourth-order valence-electron chi connectivity index (χ4n) is 5.79. The number of anilines is 1. The number of hydrogen-bond donors (Lipinski definition) is 2. The molecule has 2 unspecified atom stereocenters. The van der Waals surface area contributed by atoms with Crippen LogP contribution in [0.1, 0.15) is 61.9 Å². The van der Waals surface area contributed by atoms with E-state index in [1.165, 1.54) is 0 Å². The number of carbonyl (C=O) groups is 2. The summed E-state index contributed by atoms with van der Waals surface area (Å²) >= 11 is 6.22. The summed E-state index contributed by atoms with van der Waals surface area (Å²) in [4.78, 5) is 27.5. The fraction of sp³-hybridized carbons (Fsp3) is 0.375. The van der Waals surface area contributed by atoms with Crippen LogP contribution in [0, 0.1) is 5.92 Å². The van der Waals surface area contributed by atoms with E-state index in [1.54, 1.807) is 18.9 Å². The first kappa shape index (κ1) is 28.0. The fourth-order valence-corrected chi connectivity index (χ4v) is 5.91. The normalized spacial score (nSPS) is 20.5. The number of nitrogens with zero attached hydrogens (tertiary/aromatic N) is 1. The quantitative estimate of drug-likeness (QED) is 0.394. The molecular formula is C32H35ClN2O5. The summed E-state index contributed by atoms with van der Waals surface area (Å²) in [6, 6.07) is 18.4. The Labute approximate surface area is 240 Å². The van der Waals surface area contributed by atoms with E-state index in [-0.39, 0.29) is 36.7 Å². The summed E-state index contributed by atoms with van der Waals surface area (Å²) in [6.45, 7) is 6.23. The number of fused-ring (bicyclic) bond motifs is 1. The van der Waals surface area contributed by atoms with Crippen LogP contribution < -0.4 is 19.7 Å². The van der Waals surface area contributed by atoms with Crippen LogP contribution in [0.2, 0.25) is 5.02 Å². The van der Waals surface area contributed by atoms with Gasteiger partial charge in [-0.1, -0.05) is 35.9 Å². The number of methoxy groups -OCH3 is 1. The van der Waals surface area contributed by atoms with Crippen LogP contribution in [-0.2, 0) is 21.6 Å². The maximum atomic E-state index is 13.8. The van der Waals surface area contributed by atoms with Crippen molar-refractivity contribution < 1.29 is 24.2 Å². The Morgan fingerprint density at radius 1 is 1.05 bits per heavy atom. The Morgan fingerprint density at radius 2 is 1.75 bits per heavy atom. The molecule has 2 N–H and O–H groups in total. The van der Waals surface area contributed by atoms with Crippen LogP contribution in [0.15, 0.2) is 60.7 Å². The third kappa shape index (κ3) is 5.40. The molecule has 0 aliphatic carbocycles. The van der Waals surface area contributed by atoms with Gasteiger partial charge in [-0.2, -0.15) is 0 Å². The lowest BCUT2D eigenvalue weighted by Gasteiger charge is -2.39. The first-order valence-electron chi connectivity index (χ1n) is 13.6. The lowest BCUT2D eigenvalue weighted by atomic mass is 9.77. The van der Waals surface area contributed by atoms with E-state index in [0.717, 1.165) is 16.7 Å². The molecule has 0 radical (unpaired) electrons. The highest BCUT2D eigenvalue weighted by Crippen LogP contribution is 2.44. The standard InChI is InChI=1S/C32H35ClN2O5/c1-19(2)40-28-18-26-21(15-27(28)39-4)16-30(37)35(31(26)20-5-9-24(33)10-6-20)25-11-7-22(8-12-25)32(3,38)23-13-14-34-29(36)17-23/h5-12,15,18-19,23,31,38H,13-14,16-17H2,1-4H3,(H,34,36)/t23?,31?,32-/m1/s1. The highest BCUT2D eigenvalue weighted by molar-refractivity contribution is 6.30. The highest BCUT2D eigenvalue weighted by atomic mass is 35.5. The zero-order valence-corrected chi connectivity index (χ0v) is 24.0. The van der Waals surface area contributed by atoms with E-state index >= 15 is 0 Å². The van der Waals surface area contributed by atoms with Gasteiger partial charge in [-0.3, -0.25) is 9.59 Å². The summed E-state index contributed by atoms with van der Waals surface area (Å²) in [5.41, 5.74) is 2.97. The third-order valence-corrected chi connectivity index (χ3v) is 8.16. The van der Waals surface area contributed by atoms with Crippen LogP contribution >= 0.6 is 11.6 Å². The first-order valence-corrected chi connectivity index (χ1v) is 14.0. The Bertz CT molecular complexity index is 1400. The number of rotatable bonds is 7. The van der Waals surface area contributed by atoms with Crippen LogP contribution in [-0.4, -0.2) is 36.7 Å². The number of halogens is 1. The van der Waals surface area contributed by atoms with Crippen molar-refractivity contribution in [3.8, 4) is 11.5 Å². The number of aliphatic hydroxyl groups is 1. The van der Waals surface area contributed by atoms with Gasteiger partial charge in [-0.25, -0.2) is 0 Å². The highest BCUT2D eigenvalue weighted by Gasteiger charge is 2.39. The number of carbonyl (C=O) groups excluding carboxylic acids is 2. The number of piperidine rings is 1. The molecule has 1 saturated heterocycles. The summed E-state index contributed by atoms with van der Waals surface area (Å²) in [7, 11) is 1.60. The van der Waals surface area contributed by atoms with Gasteiger partial charge in [-0.05, 0) is 85.8 Å². The summed E-state index contributed by atoms with van der Waals surface area (Å²) in [5, 5.41) is 14.9. The van der Waals surface area contributed by atoms with Crippen LogP contribution in [0.25, 0.3) is 0 Å². The molecule has 3 aromatic carbocycles. The maximum absolute atomic E-state index is 13.8. The Balaban J connectivity index is 1.57. The SMILES string of the molecule is COc1cc2c(cc1OC(C)C)C(c1ccc(Cl)cc1)N(c1ccc([C@@](C)(O)C3CCNC(=O)C3)cc1)C(=O)C2. The zero-order chi connectivity index (χ0) is 28.6. The van der Waals surface area contributed by atoms with E-state index in [9.17, 15) is 14.7 Å². The van der Waals surface area contributed by atoms with Gasteiger partial charge in [0.1, 0.15) is 0 Å². The van der Waals surface area contributed by atoms with Crippen molar-refractivity contribution in [3.05, 3.63) is 87.9 Å². The summed E-state index contributed by atoms with van der Waals surface area (Å²) in [6.07, 6.45) is 1.12. The Morgan fingerprint density at radius 3 is 2.38 bits per heavy atom. The molecule has 2 heterocycles. The minimum absolute atomic E-state index is 0.0472. The molecule has 1 fully saturated rings. The molecule has 40 heavy (non-hydrogen) atoms. The van der Waals surface area contributed by atoms with Crippen molar-refractivity contribution in [3.63, 3.8) is 0 Å². The lowest BCUT2D eigenvalue weighted by molar-refractivity contribution is -0.127. The first-order chi connectivity index (χ1) is 19.1. The van der Waals surface area contributed by atoms with Crippen molar-refractivity contribution in [2.45, 2.75) is 57.8 Å². The van der Waals surface area contributed by atoms with E-state index < -0.39 is 11.6 Å². The van der Waals surface area contributed by atoms with E-state index in [2.05, 4.69) is 5.32 Å². The van der Waals surface area contributed by atoms with E-state index in [1.807, 2.05) is 74.5 Å². The summed E-state index contributed by atoms with van der Waals surface area (Å²) < 4.78 is 11.7. The van der Waals surface area contributed by atoms with Crippen LogP contribution in [0.4, 0.5) is 5.69 Å². The molecular weight excluding hydrogens is 528 g/mol. The Hall–Kier alpha value is -3.55. The molecule has 3 atom stereocenters. The molecule has 0 bridgehead atoms. The van der Waals surface area contributed by atoms with Crippen molar-refractivity contribution >= 4 is 29.1 Å². The molecule has 2 amide bonds. The van der Waals surface area contributed by atoms with Gasteiger partial charge in [-0.15, -0.1) is 0 Å². The molecule has 3 aromatic rings. The van der Waals surface area contributed by atoms with Crippen LogP contribution in [0.5, 0.6) is 11.5 Å². The predicted octanol–water partition coefficient (Wildman–Crippen LogP) is 5.55. The Kier molecular flexibility index (Phi) is 7.80. The second kappa shape index (κ2) is 11.1. The van der Waals surface area contributed by atoms with Gasteiger partial charge >= 0.3 is 0 Å². The molecule has 0 aromatic heterocycles. The largest absolute Gasteiger partial charge is 0.493 e. The third-order valence-electron chi connectivity index (χ3n) is 7.91. The topological polar surface area (TPSA) is 88.1 Å². The molecule has 2 aliphatic rings. The number of hydrogen-bond acceptors (Lipinski definition) is 5. The number of amides is 2. The van der Waals surface area contributed by atoms with E-state index in [4.69, 9.17) is 21.1 Å². The van der Waals surface area contributed by atoms with Crippen molar-refractivity contribution in [2.75, 3.05) is 18.6 Å². The molecule has 0 spiro atoms. The van der Waals surface area contributed by atoms with Gasteiger partial charge in [0.15, 0.2) is 11.5 Å². The van der Waals surface area contributed by atoms with Crippen LogP contribution in [0.3, 0.4) is 0 Å². The lowest BCUT2D eigenvalue weighted by Crippen LogP contribution is -2.43. The molecule has 0 saturated carbocycles. The minimum Gasteiger partial charge on any atom is -0.493 e. The second-order valence-electron chi connectivity index (χ2n) is 11.0. The number of nitrogens with one attached hydrogen (secondary N) is 1. The molecule has 2 aliphatic heterocycles. The van der Waals surface area contributed by atoms with Crippen molar-refractivity contribution in [2.24, 2.45) is 5.92 Å². The minimum atomic E-state index is -1.18. The summed E-state index contributed by atoms with van der Waals surface area (Å²) in [5.74, 6) is 0.912. The molecule has 210 valence electrons. The van der Waals surface area contributed by atoms with Gasteiger partial charge in [0.2, 0.25) is 11.8 Å². The smallest absolute Gasteiger partial charge is 0.232 e. The van der Waals surface area contributed by atoms with Gasteiger partial charge in [0.05, 0.1) is 31.3 Å². The molecule has 8 heteroatoms. The second-order valence-corrected chi connectivity index (χ2v) is 11.4. The zero-order valence-electron chi connectivity index (χ0n) is 23.2. The number of benzene rings is 3. The monoisotopic (exact) mass is 562 g/mol. The average molecular weight is 563 g/mol. The van der Waals surface area contributed by atoms with Gasteiger partial charge in [0, 0.05) is 29.6 Å². The van der Waals surface area contributed by atoms with E-state index in [0.29, 0.717) is 40.7 Å². The number of ether oxygens (including phenoxy) is 2. The van der Waals surface area contributed by atoms with Crippen molar-refractivity contribution in [1.29, 1.82) is 0 Å². The van der Waals surface area contributed by atoms with Gasteiger partial charge < -0.3 is 24.8 Å². The predicted molar refractivity (Wildman–Crippen MR) is 155 cm³/mol. The molecule has 5 rings (SSSR count). The maximum Gasteiger partial charge on any atom is 0.232 e. The van der Waals surface area contributed by atoms with Gasteiger partial charge in [0.25, 0.3) is 0 Å².